The summed E-state index contributed by atoms with van der Waals surface area (Å²) in [5.74, 6) is 1.41. The molecule has 29 heavy (non-hydrogen) atoms. The van der Waals surface area contributed by atoms with Crippen LogP contribution in [0.4, 0.5) is 23.1 Å². The van der Waals surface area contributed by atoms with Gasteiger partial charge in [0, 0.05) is 38.7 Å². The van der Waals surface area contributed by atoms with Crippen molar-refractivity contribution in [3.8, 4) is 5.75 Å². The van der Waals surface area contributed by atoms with E-state index in [0.717, 1.165) is 0 Å². The highest BCUT2D eigenvalue weighted by Gasteiger charge is 2.27. The van der Waals surface area contributed by atoms with Gasteiger partial charge in [0.15, 0.2) is 5.82 Å². The first-order valence-corrected chi connectivity index (χ1v) is 9.43. The van der Waals surface area contributed by atoms with Crippen molar-refractivity contribution >= 4 is 35.0 Å². The van der Waals surface area contributed by atoms with E-state index in [4.69, 9.17) is 4.74 Å². The van der Waals surface area contributed by atoms with Crippen molar-refractivity contribution < 1.29 is 14.3 Å². The smallest absolute Gasteiger partial charge is 0.251 e. The first kappa shape index (κ1) is 20.4. The van der Waals surface area contributed by atoms with Gasteiger partial charge >= 0.3 is 0 Å². The van der Waals surface area contributed by atoms with Gasteiger partial charge in [0.2, 0.25) is 11.9 Å². The number of hydrogen-bond acceptors (Lipinski definition) is 7. The number of rotatable bonds is 5. The van der Waals surface area contributed by atoms with Crippen LogP contribution in [0.3, 0.4) is 0 Å². The molecule has 1 aromatic heterocycles. The third-order valence-corrected chi connectivity index (χ3v) is 4.88. The number of methoxy groups -OCH3 is 1. The summed E-state index contributed by atoms with van der Waals surface area (Å²) in [6.07, 6.45) is 2.07. The van der Waals surface area contributed by atoms with Crippen molar-refractivity contribution in [2.24, 2.45) is 0 Å². The predicted octanol–water partition coefficient (Wildman–Crippen LogP) is 2.17. The first-order chi connectivity index (χ1) is 13.8. The molecule has 0 radical (unpaired) electrons. The Bertz CT molecular complexity index is 930. The van der Waals surface area contributed by atoms with Crippen molar-refractivity contribution in [2.45, 2.75) is 26.3 Å². The second-order valence-electron chi connectivity index (χ2n) is 7.01. The topological polar surface area (TPSA) is 99.7 Å². The summed E-state index contributed by atoms with van der Waals surface area (Å²) >= 11 is 0. The molecule has 9 nitrogen and oxygen atoms in total. The molecule has 2 aromatic rings. The summed E-state index contributed by atoms with van der Waals surface area (Å²) in [7, 11) is 4.85. The number of fused-ring (bicyclic) bond motifs is 1. The minimum Gasteiger partial charge on any atom is -0.495 e. The molecule has 0 spiro atoms. The fraction of sp³-hybridized carbons (Fsp3) is 0.400. The van der Waals surface area contributed by atoms with Crippen LogP contribution in [0.25, 0.3) is 0 Å². The third-order valence-electron chi connectivity index (χ3n) is 4.88. The number of benzene rings is 1. The van der Waals surface area contributed by atoms with Gasteiger partial charge < -0.3 is 25.2 Å². The second-order valence-corrected chi connectivity index (χ2v) is 7.01. The van der Waals surface area contributed by atoms with Crippen molar-refractivity contribution in [2.75, 3.05) is 42.9 Å². The maximum absolute atomic E-state index is 12.3. The number of hydrogen-bond donors (Lipinski definition) is 2. The zero-order valence-corrected chi connectivity index (χ0v) is 17.3. The van der Waals surface area contributed by atoms with Gasteiger partial charge in [0.25, 0.3) is 5.91 Å². The van der Waals surface area contributed by atoms with Gasteiger partial charge in [0.05, 0.1) is 19.0 Å². The molecule has 154 valence electrons. The van der Waals surface area contributed by atoms with E-state index >= 15 is 0 Å². The molecule has 1 aromatic carbocycles. The van der Waals surface area contributed by atoms with Crippen LogP contribution in [0.5, 0.6) is 5.75 Å². The molecule has 0 atom stereocenters. The molecule has 2 heterocycles. The van der Waals surface area contributed by atoms with Gasteiger partial charge in [-0.1, -0.05) is 0 Å². The zero-order valence-electron chi connectivity index (χ0n) is 17.3. The largest absolute Gasteiger partial charge is 0.495 e. The molecule has 0 aliphatic carbocycles. The minimum absolute atomic E-state index is 0.0326. The van der Waals surface area contributed by atoms with Gasteiger partial charge in [-0.25, -0.2) is 4.98 Å². The van der Waals surface area contributed by atoms with Crippen LogP contribution in [0.15, 0.2) is 24.4 Å². The van der Waals surface area contributed by atoms with Crippen LogP contribution in [-0.2, 0) is 4.79 Å². The molecular formula is C20H26N6O3. The van der Waals surface area contributed by atoms with Crippen LogP contribution in [-0.4, -0.2) is 55.6 Å². The fourth-order valence-corrected chi connectivity index (χ4v) is 3.20. The van der Waals surface area contributed by atoms with Crippen LogP contribution in [0.2, 0.25) is 0 Å². The summed E-state index contributed by atoms with van der Waals surface area (Å²) in [4.78, 5) is 36.9. The van der Waals surface area contributed by atoms with Gasteiger partial charge in [0.1, 0.15) is 11.4 Å². The van der Waals surface area contributed by atoms with E-state index in [1.165, 1.54) is 7.11 Å². The summed E-state index contributed by atoms with van der Waals surface area (Å²) in [6.45, 7) is 4.72. The highest BCUT2D eigenvalue weighted by atomic mass is 16.5. The van der Waals surface area contributed by atoms with Crippen LogP contribution in [0, 0.1) is 0 Å². The molecule has 0 bridgehead atoms. The quantitative estimate of drug-likeness (QED) is 0.796. The fourth-order valence-electron chi connectivity index (χ4n) is 3.20. The lowest BCUT2D eigenvalue weighted by Gasteiger charge is -2.27. The number of aromatic nitrogens is 2. The van der Waals surface area contributed by atoms with Gasteiger partial charge in [-0.15, -0.1) is 0 Å². The maximum atomic E-state index is 12.3. The number of carbonyl (C=O) groups excluding carboxylic acids is 2. The van der Waals surface area contributed by atoms with Gasteiger partial charge in [-0.3, -0.25) is 9.59 Å². The molecule has 0 fully saturated rings. The Morgan fingerprint density at radius 1 is 1.31 bits per heavy atom. The Labute approximate surface area is 170 Å². The molecule has 9 heteroatoms. The summed E-state index contributed by atoms with van der Waals surface area (Å²) in [5.41, 5.74) is 1.80. The lowest BCUT2D eigenvalue weighted by atomic mass is 10.1. The monoisotopic (exact) mass is 398 g/mol. The van der Waals surface area contributed by atoms with E-state index in [-0.39, 0.29) is 17.9 Å². The lowest BCUT2D eigenvalue weighted by molar-refractivity contribution is -0.118. The molecule has 1 aliphatic heterocycles. The zero-order chi connectivity index (χ0) is 21.1. The predicted molar refractivity (Wildman–Crippen MR) is 112 cm³/mol. The summed E-state index contributed by atoms with van der Waals surface area (Å²) < 4.78 is 5.41. The average Bonchev–Trinajstić information content (AvgIpc) is 2.84. The van der Waals surface area contributed by atoms with Crippen molar-refractivity contribution in [3.63, 3.8) is 0 Å². The van der Waals surface area contributed by atoms with Crippen molar-refractivity contribution in [1.82, 2.24) is 15.3 Å². The van der Waals surface area contributed by atoms with E-state index in [9.17, 15) is 9.59 Å². The normalized spacial score (nSPS) is 13.8. The van der Waals surface area contributed by atoms with E-state index < -0.39 is 0 Å². The average molecular weight is 398 g/mol. The molecular weight excluding hydrogens is 372 g/mol. The number of nitrogens with zero attached hydrogens (tertiary/aromatic N) is 4. The molecule has 1 aliphatic rings. The summed E-state index contributed by atoms with van der Waals surface area (Å²) in [5, 5.41) is 5.74. The number of amides is 2. The molecule has 0 saturated carbocycles. The van der Waals surface area contributed by atoms with Gasteiger partial charge in [-0.2, -0.15) is 4.98 Å². The lowest BCUT2D eigenvalue weighted by Crippen LogP contribution is -2.32. The summed E-state index contributed by atoms with van der Waals surface area (Å²) in [6, 6.07) is 5.27. The second kappa shape index (κ2) is 8.34. The maximum Gasteiger partial charge on any atom is 0.251 e. The molecule has 2 amide bonds. The van der Waals surface area contributed by atoms with E-state index in [0.29, 0.717) is 47.4 Å². The number of anilines is 4. The van der Waals surface area contributed by atoms with Crippen molar-refractivity contribution in [3.05, 3.63) is 30.0 Å². The molecule has 3 rings (SSSR count). The highest BCUT2D eigenvalue weighted by Crippen LogP contribution is 2.33. The van der Waals surface area contributed by atoms with E-state index in [1.807, 2.05) is 0 Å². The Morgan fingerprint density at radius 3 is 2.72 bits per heavy atom. The van der Waals surface area contributed by atoms with Crippen LogP contribution < -0.4 is 25.2 Å². The Morgan fingerprint density at radius 2 is 2.07 bits per heavy atom. The standard InChI is InChI=1S/C20H26N6O3/c1-12(2)26-9-8-17(27)25(4)15-11-22-20(24-18(15)26)23-14-7-6-13(19(28)21-3)10-16(14)29-5/h6-7,10-12H,8-9H2,1-5H3,(H,21,28)(H,22,23,24). The molecule has 0 unspecified atom stereocenters. The number of carbonyl (C=O) groups is 2. The van der Waals surface area contributed by atoms with E-state index in [2.05, 4.69) is 39.3 Å². The molecule has 2 N–H and O–H groups in total. The van der Waals surface area contributed by atoms with Crippen LogP contribution >= 0.6 is 0 Å². The number of nitrogens with one attached hydrogen (secondary N) is 2. The Balaban J connectivity index is 1.97. The minimum atomic E-state index is -0.198. The van der Waals surface area contributed by atoms with Crippen LogP contribution in [0.1, 0.15) is 30.6 Å². The van der Waals surface area contributed by atoms with Crippen molar-refractivity contribution in [1.29, 1.82) is 0 Å². The first-order valence-electron chi connectivity index (χ1n) is 9.43. The Kier molecular flexibility index (Phi) is 5.86. The Hall–Kier alpha value is -3.36. The highest BCUT2D eigenvalue weighted by molar-refractivity contribution is 5.97. The van der Waals surface area contributed by atoms with E-state index in [1.54, 1.807) is 43.4 Å². The van der Waals surface area contributed by atoms with Gasteiger partial charge in [-0.05, 0) is 32.0 Å². The third kappa shape index (κ3) is 4.08. The SMILES string of the molecule is CNC(=O)c1ccc(Nc2ncc3c(n2)N(C(C)C)CCC(=O)N3C)c(OC)c1. The molecule has 0 saturated heterocycles. The number of ether oxygens (including phenoxy) is 1.